The molecule has 0 bridgehead atoms. The van der Waals surface area contributed by atoms with Crippen LogP contribution >= 0.6 is 11.8 Å². The van der Waals surface area contributed by atoms with Crippen LogP contribution in [0.4, 0.5) is 5.69 Å². The fraction of sp³-hybridized carbons (Fsp3) is 0.0526. The average molecular weight is 403 g/mol. The predicted octanol–water partition coefficient (Wildman–Crippen LogP) is 3.60. The Balaban J connectivity index is 1.50. The molecular formula is C19H13N7O2S. The van der Waals surface area contributed by atoms with Crippen LogP contribution < -0.4 is 0 Å². The largest absolute Gasteiger partial charge is 0.274 e. The van der Waals surface area contributed by atoms with Crippen LogP contribution in [0.3, 0.4) is 0 Å². The minimum atomic E-state index is -0.417. The van der Waals surface area contributed by atoms with Crippen LogP contribution in [-0.4, -0.2) is 41.5 Å². The minimum absolute atomic E-state index is 0.0504. The van der Waals surface area contributed by atoms with Crippen molar-refractivity contribution in [3.63, 3.8) is 0 Å². The molecule has 10 heteroatoms. The quantitative estimate of drug-likeness (QED) is 0.411. The number of nitro benzene ring substituents is 1. The van der Waals surface area contributed by atoms with Crippen molar-refractivity contribution in [3.8, 4) is 22.8 Å². The number of nitrogens with zero attached hydrogens (tertiary/aromatic N) is 6. The number of thioether (sulfide) groups is 1. The molecule has 9 nitrogen and oxygen atoms in total. The summed E-state index contributed by atoms with van der Waals surface area (Å²) in [5, 5.41) is 32.1. The monoisotopic (exact) mass is 403 g/mol. The smallest absolute Gasteiger partial charge is 0.269 e. The molecule has 0 amide bonds. The van der Waals surface area contributed by atoms with E-state index in [0.717, 1.165) is 22.5 Å². The third kappa shape index (κ3) is 3.19. The van der Waals surface area contributed by atoms with Gasteiger partial charge in [-0.25, -0.2) is 0 Å². The van der Waals surface area contributed by atoms with Gasteiger partial charge in [0.1, 0.15) is 5.69 Å². The summed E-state index contributed by atoms with van der Waals surface area (Å²) in [6, 6.07) is 18.1. The minimum Gasteiger partial charge on any atom is -0.274 e. The van der Waals surface area contributed by atoms with E-state index in [1.54, 1.807) is 16.8 Å². The Morgan fingerprint density at radius 2 is 1.83 bits per heavy atom. The highest BCUT2D eigenvalue weighted by molar-refractivity contribution is 7.99. The number of aromatic amines is 1. The number of non-ortho nitro benzene ring substituents is 1. The first-order valence-electron chi connectivity index (χ1n) is 8.71. The van der Waals surface area contributed by atoms with Crippen molar-refractivity contribution in [1.29, 1.82) is 0 Å². The van der Waals surface area contributed by atoms with Crippen molar-refractivity contribution in [3.05, 3.63) is 76.3 Å². The number of benzene rings is 2. The molecule has 1 aliphatic heterocycles. The van der Waals surface area contributed by atoms with Crippen molar-refractivity contribution < 1.29 is 4.92 Å². The van der Waals surface area contributed by atoms with E-state index in [-0.39, 0.29) is 5.69 Å². The van der Waals surface area contributed by atoms with E-state index in [9.17, 15) is 10.1 Å². The van der Waals surface area contributed by atoms with Gasteiger partial charge in [0.05, 0.1) is 16.3 Å². The van der Waals surface area contributed by atoms with Gasteiger partial charge in [-0.2, -0.15) is 14.9 Å². The summed E-state index contributed by atoms with van der Waals surface area (Å²) in [5.41, 5.74) is 4.18. The van der Waals surface area contributed by atoms with Crippen LogP contribution in [0.15, 0.2) is 70.9 Å². The van der Waals surface area contributed by atoms with E-state index in [1.807, 2.05) is 36.4 Å². The van der Waals surface area contributed by atoms with Crippen LogP contribution in [0.1, 0.15) is 5.56 Å². The van der Waals surface area contributed by atoms with E-state index in [4.69, 9.17) is 0 Å². The molecule has 0 saturated heterocycles. The second kappa shape index (κ2) is 6.99. The zero-order valence-electron chi connectivity index (χ0n) is 14.9. The fourth-order valence-corrected chi connectivity index (χ4v) is 3.84. The van der Waals surface area contributed by atoms with Crippen LogP contribution in [0.25, 0.3) is 22.8 Å². The van der Waals surface area contributed by atoms with Gasteiger partial charge in [-0.1, -0.05) is 42.1 Å². The third-order valence-corrected chi connectivity index (χ3v) is 5.40. The summed E-state index contributed by atoms with van der Waals surface area (Å²) in [4.78, 5) is 10.4. The Hall–Kier alpha value is -3.79. The molecule has 0 aliphatic carbocycles. The predicted molar refractivity (Wildman–Crippen MR) is 109 cm³/mol. The normalized spacial score (nSPS) is 13.0. The average Bonchev–Trinajstić information content (AvgIpc) is 3.41. The van der Waals surface area contributed by atoms with Crippen LogP contribution in [0.2, 0.25) is 0 Å². The molecule has 0 unspecified atom stereocenters. The Kier molecular flexibility index (Phi) is 4.17. The van der Waals surface area contributed by atoms with E-state index < -0.39 is 4.92 Å². The Labute approximate surface area is 168 Å². The van der Waals surface area contributed by atoms with Gasteiger partial charge in [0, 0.05) is 23.4 Å². The van der Waals surface area contributed by atoms with Crippen molar-refractivity contribution in [1.82, 2.24) is 25.1 Å². The number of H-pyrrole nitrogens is 1. The van der Waals surface area contributed by atoms with Crippen LogP contribution in [-0.2, 0) is 0 Å². The molecule has 0 spiro atoms. The number of fused-ring (bicyclic) bond motifs is 1. The second-order valence-corrected chi connectivity index (χ2v) is 7.23. The summed E-state index contributed by atoms with van der Waals surface area (Å²) in [6.07, 6.45) is 0. The summed E-state index contributed by atoms with van der Waals surface area (Å²) >= 11 is 1.51. The maximum atomic E-state index is 10.9. The molecule has 1 aliphatic rings. The molecule has 3 heterocycles. The van der Waals surface area contributed by atoms with Gasteiger partial charge in [-0.15, -0.1) is 10.2 Å². The third-order valence-electron chi connectivity index (χ3n) is 4.47. The van der Waals surface area contributed by atoms with Gasteiger partial charge in [0.15, 0.2) is 0 Å². The molecule has 0 radical (unpaired) electrons. The molecule has 2 aromatic carbocycles. The zero-order chi connectivity index (χ0) is 19.8. The lowest BCUT2D eigenvalue weighted by molar-refractivity contribution is -0.384. The number of hydrogen-bond donors (Lipinski definition) is 1. The van der Waals surface area contributed by atoms with Gasteiger partial charge in [-0.3, -0.25) is 15.2 Å². The topological polar surface area (TPSA) is 115 Å². The van der Waals surface area contributed by atoms with Crippen molar-refractivity contribution in [2.24, 2.45) is 5.10 Å². The molecule has 1 N–H and O–H groups in total. The second-order valence-electron chi connectivity index (χ2n) is 6.29. The summed E-state index contributed by atoms with van der Waals surface area (Å²) in [7, 11) is 0. The maximum Gasteiger partial charge on any atom is 0.269 e. The van der Waals surface area contributed by atoms with Gasteiger partial charge in [-0.05, 0) is 23.8 Å². The Bertz CT molecular complexity index is 1230. The van der Waals surface area contributed by atoms with E-state index in [2.05, 4.69) is 25.5 Å². The highest BCUT2D eigenvalue weighted by Gasteiger charge is 2.22. The van der Waals surface area contributed by atoms with E-state index in [1.165, 1.54) is 23.9 Å². The zero-order valence-corrected chi connectivity index (χ0v) is 15.7. The molecule has 0 saturated carbocycles. The standard InChI is InChI=1S/C19H13N7O2S/c27-26(28)14-8-6-13(7-9-14)17-11-29-19-23-22-18(25(19)24-17)16-10-15(20-21-16)12-4-2-1-3-5-12/h1-10H,11H2,(H,20,21). The number of aromatic nitrogens is 5. The molecule has 2 aromatic heterocycles. The highest BCUT2D eigenvalue weighted by atomic mass is 32.2. The van der Waals surface area contributed by atoms with Gasteiger partial charge >= 0.3 is 0 Å². The SMILES string of the molecule is O=[N+]([O-])c1ccc(C2=Nn3c(nnc3-c3cc(-c4ccccc4)n[nH]3)SC2)cc1. The molecule has 0 fully saturated rings. The fourth-order valence-electron chi connectivity index (χ4n) is 3.01. The number of nitro groups is 1. The molecular weight excluding hydrogens is 390 g/mol. The lowest BCUT2D eigenvalue weighted by atomic mass is 10.1. The van der Waals surface area contributed by atoms with Crippen molar-refractivity contribution in [2.75, 3.05) is 5.75 Å². The van der Waals surface area contributed by atoms with Crippen LogP contribution in [0, 0.1) is 10.1 Å². The first kappa shape index (κ1) is 17.3. The highest BCUT2D eigenvalue weighted by Crippen LogP contribution is 2.29. The summed E-state index contributed by atoms with van der Waals surface area (Å²) in [6.45, 7) is 0. The number of rotatable bonds is 4. The number of nitrogens with one attached hydrogen (secondary N) is 1. The first-order chi connectivity index (χ1) is 14.2. The maximum absolute atomic E-state index is 10.9. The number of hydrogen-bond acceptors (Lipinski definition) is 7. The van der Waals surface area contributed by atoms with Crippen molar-refractivity contribution in [2.45, 2.75) is 5.16 Å². The molecule has 142 valence electrons. The van der Waals surface area contributed by atoms with Crippen molar-refractivity contribution >= 4 is 23.2 Å². The van der Waals surface area contributed by atoms with Gasteiger partial charge in [0.25, 0.3) is 5.69 Å². The van der Waals surface area contributed by atoms with Crippen LogP contribution in [0.5, 0.6) is 0 Å². The molecule has 0 atom stereocenters. The molecule has 29 heavy (non-hydrogen) atoms. The lowest BCUT2D eigenvalue weighted by Gasteiger charge is -2.13. The summed E-state index contributed by atoms with van der Waals surface area (Å²) < 4.78 is 1.67. The first-order valence-corrected chi connectivity index (χ1v) is 9.70. The lowest BCUT2D eigenvalue weighted by Crippen LogP contribution is -2.13. The van der Waals surface area contributed by atoms with E-state index >= 15 is 0 Å². The van der Waals surface area contributed by atoms with Gasteiger partial charge < -0.3 is 0 Å². The van der Waals surface area contributed by atoms with E-state index in [0.29, 0.717) is 22.4 Å². The van der Waals surface area contributed by atoms with Gasteiger partial charge in [0.2, 0.25) is 11.0 Å². The summed E-state index contributed by atoms with van der Waals surface area (Å²) in [5.74, 6) is 1.16. The molecule has 5 rings (SSSR count). The Morgan fingerprint density at radius 1 is 1.03 bits per heavy atom. The molecule has 4 aromatic rings. The Morgan fingerprint density at radius 3 is 2.59 bits per heavy atom.